The second-order valence-corrected chi connectivity index (χ2v) is 7.96. The summed E-state index contributed by atoms with van der Waals surface area (Å²) in [7, 11) is 1.85. The third-order valence-corrected chi connectivity index (χ3v) is 5.80. The van der Waals surface area contributed by atoms with Gasteiger partial charge in [-0.05, 0) is 24.8 Å². The molecule has 132 valence electrons. The lowest BCUT2D eigenvalue weighted by Crippen LogP contribution is -2.68. The highest BCUT2D eigenvalue weighted by atomic mass is 16.5. The van der Waals surface area contributed by atoms with Gasteiger partial charge in [0.1, 0.15) is 0 Å². The van der Waals surface area contributed by atoms with Gasteiger partial charge in [0, 0.05) is 37.6 Å². The summed E-state index contributed by atoms with van der Waals surface area (Å²) in [6.07, 6.45) is 1.56. The molecule has 0 spiro atoms. The Balaban J connectivity index is 1.56. The van der Waals surface area contributed by atoms with Crippen LogP contribution in [0.3, 0.4) is 0 Å². The van der Waals surface area contributed by atoms with Crippen molar-refractivity contribution >= 4 is 5.96 Å². The maximum Gasteiger partial charge on any atom is 0.191 e. The van der Waals surface area contributed by atoms with E-state index in [1.54, 1.807) is 0 Å². The number of nitrogens with one attached hydrogen (secondary N) is 2. The summed E-state index contributed by atoms with van der Waals surface area (Å²) in [5.74, 6) is 1.96. The van der Waals surface area contributed by atoms with Crippen molar-refractivity contribution in [1.29, 1.82) is 0 Å². The summed E-state index contributed by atoms with van der Waals surface area (Å²) in [6, 6.07) is 9.17. The Morgan fingerprint density at radius 1 is 1.42 bits per heavy atom. The molecule has 1 aliphatic carbocycles. The largest absolute Gasteiger partial charge is 0.377 e. The first-order valence-electron chi connectivity index (χ1n) is 9.09. The SMILES string of the molecule is CN=C(NCC(C)c1cccc(C)c1)NC1C2CCOC2C1(C)C. The molecule has 2 aliphatic rings. The maximum atomic E-state index is 5.88. The Morgan fingerprint density at radius 3 is 2.92 bits per heavy atom. The molecule has 4 heteroatoms. The van der Waals surface area contributed by atoms with E-state index in [2.05, 4.69) is 67.6 Å². The number of rotatable bonds is 4. The maximum absolute atomic E-state index is 5.88. The van der Waals surface area contributed by atoms with Gasteiger partial charge in [0.2, 0.25) is 0 Å². The van der Waals surface area contributed by atoms with Crippen molar-refractivity contribution in [2.45, 2.75) is 52.2 Å². The quantitative estimate of drug-likeness (QED) is 0.659. The van der Waals surface area contributed by atoms with Crippen LogP contribution in [0.1, 0.15) is 44.2 Å². The molecule has 2 N–H and O–H groups in total. The van der Waals surface area contributed by atoms with Gasteiger partial charge < -0.3 is 15.4 Å². The lowest BCUT2D eigenvalue weighted by atomic mass is 9.57. The van der Waals surface area contributed by atoms with Gasteiger partial charge in [-0.2, -0.15) is 0 Å². The van der Waals surface area contributed by atoms with E-state index in [4.69, 9.17) is 4.74 Å². The average Bonchev–Trinajstić information content (AvgIpc) is 3.01. The molecule has 0 bridgehead atoms. The van der Waals surface area contributed by atoms with Gasteiger partial charge in [0.25, 0.3) is 0 Å². The third-order valence-electron chi connectivity index (χ3n) is 5.80. The Morgan fingerprint density at radius 2 is 2.21 bits per heavy atom. The Kier molecular flexibility index (Phi) is 4.86. The van der Waals surface area contributed by atoms with E-state index >= 15 is 0 Å². The Bertz CT molecular complexity index is 611. The van der Waals surface area contributed by atoms with Crippen LogP contribution in [0.15, 0.2) is 29.3 Å². The van der Waals surface area contributed by atoms with Crippen LogP contribution in [0.5, 0.6) is 0 Å². The minimum absolute atomic E-state index is 0.168. The second kappa shape index (κ2) is 6.75. The molecule has 4 unspecified atom stereocenters. The van der Waals surface area contributed by atoms with Gasteiger partial charge in [-0.1, -0.05) is 50.6 Å². The highest BCUT2D eigenvalue weighted by Gasteiger charge is 2.59. The predicted molar refractivity (Wildman–Crippen MR) is 99.5 cm³/mol. The molecule has 24 heavy (non-hydrogen) atoms. The molecular weight excluding hydrogens is 298 g/mol. The van der Waals surface area contributed by atoms with Crippen LogP contribution in [0.25, 0.3) is 0 Å². The van der Waals surface area contributed by atoms with Gasteiger partial charge in [-0.25, -0.2) is 0 Å². The van der Waals surface area contributed by atoms with Crippen molar-refractivity contribution < 1.29 is 4.74 Å². The number of aliphatic imine (C=N–C) groups is 1. The number of hydrogen-bond donors (Lipinski definition) is 2. The van der Waals surface area contributed by atoms with Crippen molar-refractivity contribution in [3.63, 3.8) is 0 Å². The lowest BCUT2D eigenvalue weighted by molar-refractivity contribution is -0.106. The van der Waals surface area contributed by atoms with Crippen molar-refractivity contribution in [1.82, 2.24) is 10.6 Å². The molecule has 0 amide bonds. The fraction of sp³-hybridized carbons (Fsp3) is 0.650. The molecule has 4 nitrogen and oxygen atoms in total. The molecule has 1 saturated carbocycles. The van der Waals surface area contributed by atoms with Gasteiger partial charge in [-0.15, -0.1) is 0 Å². The van der Waals surface area contributed by atoms with Crippen LogP contribution in [-0.4, -0.2) is 38.3 Å². The summed E-state index contributed by atoms with van der Waals surface area (Å²) >= 11 is 0. The zero-order valence-corrected chi connectivity index (χ0v) is 15.6. The molecule has 1 aliphatic heterocycles. The zero-order chi connectivity index (χ0) is 17.3. The topological polar surface area (TPSA) is 45.7 Å². The van der Waals surface area contributed by atoms with Crippen LogP contribution in [0, 0.1) is 18.3 Å². The summed E-state index contributed by atoms with van der Waals surface area (Å²) in [6.45, 7) is 10.7. The number of hydrogen-bond acceptors (Lipinski definition) is 2. The van der Waals surface area contributed by atoms with Crippen molar-refractivity contribution in [2.24, 2.45) is 16.3 Å². The second-order valence-electron chi connectivity index (χ2n) is 7.96. The molecule has 4 atom stereocenters. The van der Waals surface area contributed by atoms with Crippen molar-refractivity contribution in [3.05, 3.63) is 35.4 Å². The summed E-state index contributed by atoms with van der Waals surface area (Å²) in [4.78, 5) is 4.43. The monoisotopic (exact) mass is 329 g/mol. The van der Waals surface area contributed by atoms with Crippen LogP contribution in [0.2, 0.25) is 0 Å². The Labute approximate surface area is 146 Å². The average molecular weight is 329 g/mol. The van der Waals surface area contributed by atoms with Crippen molar-refractivity contribution in [2.75, 3.05) is 20.2 Å². The zero-order valence-electron chi connectivity index (χ0n) is 15.6. The molecule has 1 heterocycles. The van der Waals surface area contributed by atoms with E-state index in [0.29, 0.717) is 24.0 Å². The van der Waals surface area contributed by atoms with Gasteiger partial charge in [-0.3, -0.25) is 4.99 Å². The minimum atomic E-state index is 0.168. The highest BCUT2D eigenvalue weighted by Crippen LogP contribution is 2.52. The normalized spacial score (nSPS) is 29.5. The third kappa shape index (κ3) is 3.16. The molecule has 0 aromatic heterocycles. The number of aryl methyl sites for hydroxylation is 1. The van der Waals surface area contributed by atoms with E-state index in [1.807, 2.05) is 7.05 Å². The summed E-state index contributed by atoms with van der Waals surface area (Å²) < 4.78 is 5.88. The fourth-order valence-electron chi connectivity index (χ4n) is 4.30. The predicted octanol–water partition coefficient (Wildman–Crippen LogP) is 3.08. The first-order valence-corrected chi connectivity index (χ1v) is 9.09. The lowest BCUT2D eigenvalue weighted by Gasteiger charge is -2.54. The number of guanidine groups is 1. The molecule has 1 aromatic carbocycles. The number of fused-ring (bicyclic) bond motifs is 1. The first-order chi connectivity index (χ1) is 11.4. The van der Waals surface area contributed by atoms with E-state index in [1.165, 1.54) is 11.1 Å². The van der Waals surface area contributed by atoms with Crippen LogP contribution in [0.4, 0.5) is 0 Å². The highest BCUT2D eigenvalue weighted by molar-refractivity contribution is 5.80. The van der Waals surface area contributed by atoms with Crippen LogP contribution < -0.4 is 10.6 Å². The van der Waals surface area contributed by atoms with Crippen LogP contribution >= 0.6 is 0 Å². The van der Waals surface area contributed by atoms with E-state index in [9.17, 15) is 0 Å². The van der Waals surface area contributed by atoms with E-state index < -0.39 is 0 Å². The number of benzene rings is 1. The summed E-state index contributed by atoms with van der Waals surface area (Å²) in [5, 5.41) is 7.14. The molecule has 0 radical (unpaired) electrons. The molecule has 2 fully saturated rings. The Hall–Kier alpha value is -1.55. The van der Waals surface area contributed by atoms with Gasteiger partial charge in [0.15, 0.2) is 5.96 Å². The van der Waals surface area contributed by atoms with Gasteiger partial charge >= 0.3 is 0 Å². The fourth-order valence-corrected chi connectivity index (χ4v) is 4.30. The molecule has 1 saturated heterocycles. The van der Waals surface area contributed by atoms with Crippen LogP contribution in [-0.2, 0) is 4.74 Å². The number of nitrogens with zero attached hydrogens (tertiary/aromatic N) is 1. The van der Waals surface area contributed by atoms with E-state index in [-0.39, 0.29) is 5.41 Å². The van der Waals surface area contributed by atoms with E-state index in [0.717, 1.165) is 25.5 Å². The molecule has 3 rings (SSSR count). The molecular formula is C20H31N3O. The first kappa shape index (κ1) is 17.3. The number of ether oxygens (including phenoxy) is 1. The standard InChI is InChI=1S/C20H31N3O/c1-13-7-6-8-15(11-13)14(2)12-22-19(21-5)23-17-16-9-10-24-18(16)20(17,3)4/h6-8,11,14,16-18H,9-10,12H2,1-5H3,(H2,21,22,23). The smallest absolute Gasteiger partial charge is 0.191 e. The van der Waals surface area contributed by atoms with Crippen molar-refractivity contribution in [3.8, 4) is 0 Å². The molecule has 1 aromatic rings. The summed E-state index contributed by atoms with van der Waals surface area (Å²) in [5.41, 5.74) is 2.84. The van der Waals surface area contributed by atoms with Gasteiger partial charge in [0.05, 0.1) is 6.10 Å². The minimum Gasteiger partial charge on any atom is -0.377 e.